The van der Waals surface area contributed by atoms with Gasteiger partial charge in [0.25, 0.3) is 0 Å². The Morgan fingerprint density at radius 1 is 1.31 bits per heavy atom. The molecule has 0 aromatic carbocycles. The monoisotopic (exact) mass is 223 g/mol. The average molecular weight is 223 g/mol. The van der Waals surface area contributed by atoms with Crippen LogP contribution in [0.3, 0.4) is 0 Å². The van der Waals surface area contributed by atoms with Gasteiger partial charge in [0.15, 0.2) is 0 Å². The molecule has 3 heteroatoms. The molecule has 0 spiro atoms. The molecule has 16 heavy (non-hydrogen) atoms. The van der Waals surface area contributed by atoms with Gasteiger partial charge in [0, 0.05) is 12.2 Å². The second-order valence-corrected chi connectivity index (χ2v) is 4.99. The molecule has 1 unspecified atom stereocenters. The maximum atomic E-state index is 4.56. The number of hydrogen-bond donors (Lipinski definition) is 1. The number of aryl methyl sites for hydroxylation is 2. The van der Waals surface area contributed by atoms with E-state index in [0.29, 0.717) is 12.0 Å². The number of rotatable bonds is 6. The Morgan fingerprint density at radius 3 is 2.44 bits per heavy atom. The lowest BCUT2D eigenvalue weighted by Crippen LogP contribution is -2.29. The fourth-order valence-corrected chi connectivity index (χ4v) is 1.96. The summed E-state index contributed by atoms with van der Waals surface area (Å²) < 4.78 is 2.16. The van der Waals surface area contributed by atoms with E-state index >= 15 is 0 Å². The largest absolute Gasteiger partial charge is 0.314 e. The minimum Gasteiger partial charge on any atom is -0.314 e. The molecule has 1 rings (SSSR count). The summed E-state index contributed by atoms with van der Waals surface area (Å²) in [5.74, 6) is 0.706. The number of nitrogens with one attached hydrogen (secondary N) is 1. The number of nitrogens with zero attached hydrogens (tertiary/aromatic N) is 2. The molecule has 0 saturated carbocycles. The predicted octanol–water partition coefficient (Wildman–Crippen LogP) is 2.70. The lowest BCUT2D eigenvalue weighted by atomic mass is 10.2. The van der Waals surface area contributed by atoms with Crippen molar-refractivity contribution in [3.8, 4) is 0 Å². The van der Waals surface area contributed by atoms with Crippen molar-refractivity contribution in [2.45, 2.75) is 47.1 Å². The van der Waals surface area contributed by atoms with Gasteiger partial charge < -0.3 is 5.32 Å². The first-order valence-corrected chi connectivity index (χ1v) is 6.28. The molecule has 0 aliphatic heterocycles. The fourth-order valence-electron chi connectivity index (χ4n) is 1.96. The highest BCUT2D eigenvalue weighted by Crippen LogP contribution is 2.13. The second kappa shape index (κ2) is 6.04. The summed E-state index contributed by atoms with van der Waals surface area (Å²) in [6.07, 6.45) is 1.12. The molecule has 0 aliphatic carbocycles. The third-order valence-corrected chi connectivity index (χ3v) is 2.79. The third-order valence-electron chi connectivity index (χ3n) is 2.79. The summed E-state index contributed by atoms with van der Waals surface area (Å²) in [5.41, 5.74) is 2.37. The first-order chi connectivity index (χ1) is 7.54. The van der Waals surface area contributed by atoms with Crippen molar-refractivity contribution < 1.29 is 0 Å². The molecule has 0 saturated heterocycles. The van der Waals surface area contributed by atoms with Crippen LogP contribution < -0.4 is 5.32 Å². The van der Waals surface area contributed by atoms with E-state index in [2.05, 4.69) is 55.8 Å². The van der Waals surface area contributed by atoms with Crippen molar-refractivity contribution in [1.29, 1.82) is 0 Å². The maximum absolute atomic E-state index is 4.56. The summed E-state index contributed by atoms with van der Waals surface area (Å²) >= 11 is 0. The minimum atomic E-state index is 0.479. The molecule has 0 bridgehead atoms. The van der Waals surface area contributed by atoms with Crippen LogP contribution in [0.1, 0.15) is 44.6 Å². The Hall–Kier alpha value is -0.830. The summed E-state index contributed by atoms with van der Waals surface area (Å²) in [4.78, 5) is 0. The van der Waals surface area contributed by atoms with Gasteiger partial charge in [-0.1, -0.05) is 20.8 Å². The van der Waals surface area contributed by atoms with Crippen LogP contribution in [0.25, 0.3) is 0 Å². The Kier molecular flexibility index (Phi) is 5.00. The summed E-state index contributed by atoms with van der Waals surface area (Å²) in [5, 5.41) is 8.07. The van der Waals surface area contributed by atoms with Gasteiger partial charge in [0.1, 0.15) is 0 Å². The molecule has 1 heterocycles. The molecular formula is C13H25N3. The summed E-state index contributed by atoms with van der Waals surface area (Å²) in [7, 11) is 0. The average Bonchev–Trinajstić information content (AvgIpc) is 2.52. The highest BCUT2D eigenvalue weighted by Gasteiger charge is 2.12. The first kappa shape index (κ1) is 13.2. The molecular weight excluding hydrogens is 198 g/mol. The van der Waals surface area contributed by atoms with Crippen molar-refractivity contribution in [2.24, 2.45) is 5.92 Å². The lowest BCUT2D eigenvalue weighted by Gasteiger charge is -2.19. The van der Waals surface area contributed by atoms with Crippen LogP contribution in [0.5, 0.6) is 0 Å². The van der Waals surface area contributed by atoms with Crippen LogP contribution in [0.15, 0.2) is 6.07 Å². The van der Waals surface area contributed by atoms with E-state index < -0.39 is 0 Å². The molecule has 0 amide bonds. The number of hydrogen-bond acceptors (Lipinski definition) is 2. The van der Waals surface area contributed by atoms with Gasteiger partial charge in [0.05, 0.1) is 11.7 Å². The topological polar surface area (TPSA) is 29.9 Å². The van der Waals surface area contributed by atoms with Crippen LogP contribution in [0.4, 0.5) is 0 Å². The highest BCUT2D eigenvalue weighted by molar-refractivity contribution is 5.07. The van der Waals surface area contributed by atoms with Gasteiger partial charge in [0.2, 0.25) is 0 Å². The van der Waals surface area contributed by atoms with Gasteiger partial charge in [-0.3, -0.25) is 4.68 Å². The molecule has 1 N–H and O–H groups in total. The van der Waals surface area contributed by atoms with Crippen molar-refractivity contribution in [1.82, 2.24) is 15.1 Å². The minimum absolute atomic E-state index is 0.479. The van der Waals surface area contributed by atoms with Crippen molar-refractivity contribution >= 4 is 0 Å². The number of aromatic nitrogens is 2. The Labute approximate surface area is 99.2 Å². The van der Waals surface area contributed by atoms with Gasteiger partial charge in [-0.15, -0.1) is 0 Å². The van der Waals surface area contributed by atoms with Gasteiger partial charge in [-0.05, 0) is 38.8 Å². The second-order valence-electron chi connectivity index (χ2n) is 4.99. The molecule has 0 fully saturated rings. The first-order valence-electron chi connectivity index (χ1n) is 6.28. The van der Waals surface area contributed by atoms with Gasteiger partial charge >= 0.3 is 0 Å². The fraction of sp³-hybridized carbons (Fsp3) is 0.769. The van der Waals surface area contributed by atoms with E-state index in [4.69, 9.17) is 0 Å². The van der Waals surface area contributed by atoms with Crippen LogP contribution in [0, 0.1) is 19.8 Å². The zero-order valence-corrected chi connectivity index (χ0v) is 11.2. The van der Waals surface area contributed by atoms with Crippen molar-refractivity contribution in [3.05, 3.63) is 17.5 Å². The quantitative estimate of drug-likeness (QED) is 0.803. The van der Waals surface area contributed by atoms with Crippen LogP contribution in [-0.4, -0.2) is 22.9 Å². The molecule has 0 radical (unpaired) electrons. The maximum Gasteiger partial charge on any atom is 0.0644 e. The smallest absolute Gasteiger partial charge is 0.0644 e. The Morgan fingerprint density at radius 2 is 2.00 bits per heavy atom. The zero-order chi connectivity index (χ0) is 12.1. The molecule has 1 aromatic rings. The van der Waals surface area contributed by atoms with E-state index in [9.17, 15) is 0 Å². The summed E-state index contributed by atoms with van der Waals surface area (Å²) in [6.45, 7) is 13.0. The standard InChI is InChI=1S/C13H25N3/c1-6-13(9-14-8-10(2)3)16-12(5)7-11(4)15-16/h7,10,13-14H,6,8-9H2,1-5H3. The van der Waals surface area contributed by atoms with Gasteiger partial charge in [-0.25, -0.2) is 0 Å². The van der Waals surface area contributed by atoms with E-state index in [0.717, 1.165) is 25.2 Å². The third kappa shape index (κ3) is 3.63. The van der Waals surface area contributed by atoms with Crippen molar-refractivity contribution in [2.75, 3.05) is 13.1 Å². The van der Waals surface area contributed by atoms with Crippen molar-refractivity contribution in [3.63, 3.8) is 0 Å². The molecule has 0 aliphatic rings. The predicted molar refractivity (Wildman–Crippen MR) is 68.7 cm³/mol. The SMILES string of the molecule is CCC(CNCC(C)C)n1nc(C)cc1C. The van der Waals surface area contributed by atoms with Crippen LogP contribution in [0.2, 0.25) is 0 Å². The van der Waals surface area contributed by atoms with E-state index in [1.807, 2.05) is 0 Å². The zero-order valence-electron chi connectivity index (χ0n) is 11.2. The van der Waals surface area contributed by atoms with E-state index in [1.165, 1.54) is 5.69 Å². The van der Waals surface area contributed by atoms with Gasteiger partial charge in [-0.2, -0.15) is 5.10 Å². The molecule has 3 nitrogen and oxygen atoms in total. The van der Waals surface area contributed by atoms with E-state index in [1.54, 1.807) is 0 Å². The highest BCUT2D eigenvalue weighted by atomic mass is 15.3. The summed E-state index contributed by atoms with van der Waals surface area (Å²) in [6, 6.07) is 2.62. The molecule has 1 aromatic heterocycles. The molecule has 1 atom stereocenters. The lowest BCUT2D eigenvalue weighted by molar-refractivity contribution is 0.392. The normalized spacial score (nSPS) is 13.4. The van der Waals surface area contributed by atoms with Crippen LogP contribution >= 0.6 is 0 Å². The van der Waals surface area contributed by atoms with E-state index in [-0.39, 0.29) is 0 Å². The van der Waals surface area contributed by atoms with Crippen LogP contribution in [-0.2, 0) is 0 Å². The Bertz CT molecular complexity index is 315. The molecule has 92 valence electrons. The Balaban J connectivity index is 2.57.